The number of nitrogens with zero attached hydrogens (tertiary/aromatic N) is 1. The van der Waals surface area contributed by atoms with Gasteiger partial charge >= 0.3 is 0 Å². The van der Waals surface area contributed by atoms with Crippen LogP contribution in [-0.2, 0) is 9.59 Å². The lowest BCUT2D eigenvalue weighted by Gasteiger charge is -2.32. The number of rotatable bonds is 3. The predicted octanol–water partition coefficient (Wildman–Crippen LogP) is 2.97. The van der Waals surface area contributed by atoms with E-state index in [1.807, 2.05) is 18.7 Å². The smallest absolute Gasteiger partial charge is 0.227 e. The van der Waals surface area contributed by atoms with Gasteiger partial charge in [-0.15, -0.1) is 0 Å². The zero-order chi connectivity index (χ0) is 16.3. The van der Waals surface area contributed by atoms with Gasteiger partial charge in [0.2, 0.25) is 11.8 Å². The van der Waals surface area contributed by atoms with E-state index in [2.05, 4.69) is 5.32 Å². The maximum absolute atomic E-state index is 13.1. The van der Waals surface area contributed by atoms with E-state index in [0.29, 0.717) is 37.2 Å². The molecule has 1 fully saturated rings. The molecule has 5 heteroatoms. The molecule has 0 bridgehead atoms. The van der Waals surface area contributed by atoms with E-state index < -0.39 is 0 Å². The fourth-order valence-electron chi connectivity index (χ4n) is 2.73. The molecule has 1 aromatic rings. The van der Waals surface area contributed by atoms with Crippen LogP contribution < -0.4 is 5.32 Å². The minimum absolute atomic E-state index is 0.00718. The summed E-state index contributed by atoms with van der Waals surface area (Å²) in [4.78, 5) is 26.1. The summed E-state index contributed by atoms with van der Waals surface area (Å²) in [5, 5.41) is 2.86. The van der Waals surface area contributed by atoms with Gasteiger partial charge in [0.25, 0.3) is 0 Å². The van der Waals surface area contributed by atoms with Gasteiger partial charge in [-0.25, -0.2) is 4.39 Å². The molecule has 2 rings (SSSR count). The van der Waals surface area contributed by atoms with Gasteiger partial charge in [-0.3, -0.25) is 9.59 Å². The first kappa shape index (κ1) is 16.5. The molecule has 22 heavy (non-hydrogen) atoms. The van der Waals surface area contributed by atoms with Crippen molar-refractivity contribution in [1.29, 1.82) is 0 Å². The van der Waals surface area contributed by atoms with Gasteiger partial charge in [0.1, 0.15) is 5.82 Å². The summed E-state index contributed by atoms with van der Waals surface area (Å²) in [6.07, 6.45) is 1.34. The monoisotopic (exact) mass is 306 g/mol. The highest BCUT2D eigenvalue weighted by Gasteiger charge is 2.28. The number of nitrogens with one attached hydrogen (secondary N) is 1. The van der Waals surface area contributed by atoms with Gasteiger partial charge in [-0.1, -0.05) is 13.8 Å². The van der Waals surface area contributed by atoms with Crippen LogP contribution in [0.4, 0.5) is 10.1 Å². The molecule has 1 aliphatic heterocycles. The number of hydrogen-bond donors (Lipinski definition) is 1. The number of piperidine rings is 1. The van der Waals surface area contributed by atoms with E-state index in [1.54, 1.807) is 13.0 Å². The Labute approximate surface area is 130 Å². The van der Waals surface area contributed by atoms with Crippen molar-refractivity contribution in [2.45, 2.75) is 33.6 Å². The minimum atomic E-state index is -0.309. The van der Waals surface area contributed by atoms with Gasteiger partial charge in [-0.2, -0.15) is 0 Å². The van der Waals surface area contributed by atoms with Crippen LogP contribution in [0.2, 0.25) is 0 Å². The van der Waals surface area contributed by atoms with Gasteiger partial charge in [0, 0.05) is 30.6 Å². The lowest BCUT2D eigenvalue weighted by Crippen LogP contribution is -2.43. The average Bonchev–Trinajstić information content (AvgIpc) is 2.49. The highest BCUT2D eigenvalue weighted by Crippen LogP contribution is 2.22. The number of anilines is 1. The first-order chi connectivity index (χ1) is 10.4. The first-order valence-corrected chi connectivity index (χ1v) is 7.74. The third kappa shape index (κ3) is 3.84. The van der Waals surface area contributed by atoms with Crippen molar-refractivity contribution in [2.24, 2.45) is 11.8 Å². The van der Waals surface area contributed by atoms with E-state index in [0.717, 1.165) is 0 Å². The van der Waals surface area contributed by atoms with Crippen LogP contribution in [0.1, 0.15) is 32.3 Å². The van der Waals surface area contributed by atoms with E-state index >= 15 is 0 Å². The maximum Gasteiger partial charge on any atom is 0.227 e. The third-order valence-corrected chi connectivity index (χ3v) is 4.12. The van der Waals surface area contributed by atoms with Crippen molar-refractivity contribution in [3.63, 3.8) is 0 Å². The van der Waals surface area contributed by atoms with Gasteiger partial charge in [0.05, 0.1) is 0 Å². The molecule has 1 N–H and O–H groups in total. The van der Waals surface area contributed by atoms with Crippen molar-refractivity contribution in [3.8, 4) is 0 Å². The van der Waals surface area contributed by atoms with E-state index in [9.17, 15) is 14.0 Å². The van der Waals surface area contributed by atoms with Crippen LogP contribution in [0, 0.1) is 24.6 Å². The largest absolute Gasteiger partial charge is 0.342 e. The summed E-state index contributed by atoms with van der Waals surface area (Å²) in [5.41, 5.74) is 1.35. The van der Waals surface area contributed by atoms with Crippen molar-refractivity contribution < 1.29 is 14.0 Å². The molecule has 0 spiro atoms. The summed E-state index contributed by atoms with van der Waals surface area (Å²) in [6, 6.07) is 4.33. The van der Waals surface area contributed by atoms with Crippen molar-refractivity contribution >= 4 is 17.5 Å². The second kappa shape index (κ2) is 6.90. The Morgan fingerprint density at radius 3 is 2.45 bits per heavy atom. The summed E-state index contributed by atoms with van der Waals surface area (Å²) in [7, 11) is 0. The molecular formula is C17H23FN2O2. The second-order valence-electron chi connectivity index (χ2n) is 6.20. The molecule has 120 valence electrons. The van der Waals surface area contributed by atoms with E-state index in [1.165, 1.54) is 12.1 Å². The zero-order valence-electron chi connectivity index (χ0n) is 13.4. The number of aryl methyl sites for hydroxylation is 1. The van der Waals surface area contributed by atoms with Crippen molar-refractivity contribution in [3.05, 3.63) is 29.6 Å². The fraction of sp³-hybridized carbons (Fsp3) is 0.529. The molecule has 4 nitrogen and oxygen atoms in total. The molecule has 0 radical (unpaired) electrons. The van der Waals surface area contributed by atoms with Crippen molar-refractivity contribution in [1.82, 2.24) is 4.90 Å². The number of amides is 2. The van der Waals surface area contributed by atoms with Crippen LogP contribution >= 0.6 is 0 Å². The topological polar surface area (TPSA) is 49.4 Å². The van der Waals surface area contributed by atoms with Crippen LogP contribution in [0.3, 0.4) is 0 Å². The quantitative estimate of drug-likeness (QED) is 0.933. The summed E-state index contributed by atoms with van der Waals surface area (Å²) < 4.78 is 13.1. The molecule has 1 aromatic carbocycles. The molecule has 0 atom stereocenters. The lowest BCUT2D eigenvalue weighted by atomic mass is 9.95. The fourth-order valence-corrected chi connectivity index (χ4v) is 2.73. The second-order valence-corrected chi connectivity index (χ2v) is 6.20. The maximum atomic E-state index is 13.1. The Balaban J connectivity index is 1.91. The van der Waals surface area contributed by atoms with Gasteiger partial charge in [0.15, 0.2) is 0 Å². The Morgan fingerprint density at radius 2 is 1.91 bits per heavy atom. The summed E-state index contributed by atoms with van der Waals surface area (Å²) in [6.45, 7) is 6.79. The number of carbonyl (C=O) groups is 2. The predicted molar refractivity (Wildman–Crippen MR) is 83.9 cm³/mol. The molecule has 0 aromatic heterocycles. The number of benzene rings is 1. The molecule has 1 saturated heterocycles. The molecular weight excluding hydrogens is 283 g/mol. The third-order valence-electron chi connectivity index (χ3n) is 4.12. The lowest BCUT2D eigenvalue weighted by molar-refractivity contribution is -0.137. The van der Waals surface area contributed by atoms with Gasteiger partial charge < -0.3 is 10.2 Å². The molecule has 0 saturated carbocycles. The number of halogens is 1. The highest BCUT2D eigenvalue weighted by atomic mass is 19.1. The minimum Gasteiger partial charge on any atom is -0.342 e. The molecule has 0 unspecified atom stereocenters. The molecule has 1 aliphatic rings. The molecule has 1 heterocycles. The highest BCUT2D eigenvalue weighted by molar-refractivity contribution is 5.93. The number of hydrogen-bond acceptors (Lipinski definition) is 2. The molecule has 0 aliphatic carbocycles. The summed E-state index contributed by atoms with van der Waals surface area (Å²) in [5.74, 6) is -0.316. The van der Waals surface area contributed by atoms with Crippen LogP contribution in [-0.4, -0.2) is 29.8 Å². The van der Waals surface area contributed by atoms with Crippen LogP contribution in [0.25, 0.3) is 0 Å². The normalized spacial score (nSPS) is 16.0. The standard InChI is InChI=1S/C17H23FN2O2/c1-11(2)17(22)20-8-6-13(7-9-20)16(21)19-15-5-4-14(18)10-12(15)3/h4-5,10-11,13H,6-9H2,1-3H3,(H,19,21). The average molecular weight is 306 g/mol. The Bertz CT molecular complexity index is 564. The Hall–Kier alpha value is -1.91. The number of likely N-dealkylation sites (tertiary alicyclic amines) is 1. The van der Waals surface area contributed by atoms with Crippen LogP contribution in [0.15, 0.2) is 18.2 Å². The Kier molecular flexibility index (Phi) is 5.16. The SMILES string of the molecule is Cc1cc(F)ccc1NC(=O)C1CCN(C(=O)C(C)C)CC1. The Morgan fingerprint density at radius 1 is 1.27 bits per heavy atom. The summed E-state index contributed by atoms with van der Waals surface area (Å²) >= 11 is 0. The van der Waals surface area contributed by atoms with E-state index in [-0.39, 0.29) is 29.5 Å². The number of carbonyl (C=O) groups excluding carboxylic acids is 2. The first-order valence-electron chi connectivity index (χ1n) is 7.74. The van der Waals surface area contributed by atoms with E-state index in [4.69, 9.17) is 0 Å². The molecule has 2 amide bonds. The van der Waals surface area contributed by atoms with Crippen molar-refractivity contribution in [2.75, 3.05) is 18.4 Å². The zero-order valence-corrected chi connectivity index (χ0v) is 13.4. The van der Waals surface area contributed by atoms with Gasteiger partial charge in [-0.05, 0) is 43.5 Å². The van der Waals surface area contributed by atoms with Crippen LogP contribution in [0.5, 0.6) is 0 Å².